The van der Waals surface area contributed by atoms with E-state index in [4.69, 9.17) is 10.3 Å². The lowest BCUT2D eigenvalue weighted by Gasteiger charge is -2.15. The molecule has 15 heavy (non-hydrogen) atoms. The Bertz CT molecular complexity index is 265. The van der Waals surface area contributed by atoms with Crippen molar-refractivity contribution in [3.05, 3.63) is 24.2 Å². The molecule has 0 saturated heterocycles. The lowest BCUT2D eigenvalue weighted by Crippen LogP contribution is -2.28. The molecule has 0 radical (unpaired) electrons. The summed E-state index contributed by atoms with van der Waals surface area (Å²) in [7, 11) is 0. The van der Waals surface area contributed by atoms with E-state index in [1.54, 1.807) is 6.26 Å². The van der Waals surface area contributed by atoms with E-state index in [1.165, 1.54) is 32.1 Å². The smallest absolute Gasteiger partial charge is 0.122 e. The number of nitrogens with two attached hydrogens (primary N) is 1. The first kappa shape index (κ1) is 10.7. The van der Waals surface area contributed by atoms with Crippen molar-refractivity contribution in [2.45, 2.75) is 44.6 Å². The van der Waals surface area contributed by atoms with Gasteiger partial charge in [-0.3, -0.25) is 5.84 Å². The van der Waals surface area contributed by atoms with Gasteiger partial charge in [-0.15, -0.1) is 0 Å². The monoisotopic (exact) mass is 208 g/mol. The van der Waals surface area contributed by atoms with Crippen LogP contribution in [0.2, 0.25) is 0 Å². The Morgan fingerprint density at radius 3 is 2.87 bits per heavy atom. The molecular formula is C12H20N2O. The maximum absolute atomic E-state index is 5.54. The minimum atomic E-state index is 0.181. The van der Waals surface area contributed by atoms with E-state index in [0.29, 0.717) is 0 Å². The van der Waals surface area contributed by atoms with Gasteiger partial charge >= 0.3 is 0 Å². The minimum absolute atomic E-state index is 0.181. The van der Waals surface area contributed by atoms with E-state index in [2.05, 4.69) is 5.43 Å². The zero-order valence-electron chi connectivity index (χ0n) is 9.11. The summed E-state index contributed by atoms with van der Waals surface area (Å²) in [4.78, 5) is 0. The molecule has 0 bridgehead atoms. The summed E-state index contributed by atoms with van der Waals surface area (Å²) in [5, 5.41) is 0. The zero-order valence-corrected chi connectivity index (χ0v) is 9.11. The second-order valence-corrected chi connectivity index (χ2v) is 4.46. The molecule has 0 aliphatic heterocycles. The molecule has 0 amide bonds. The summed E-state index contributed by atoms with van der Waals surface area (Å²) in [6, 6.07) is 4.08. The molecule has 0 spiro atoms. The fraction of sp³-hybridized carbons (Fsp3) is 0.667. The largest absolute Gasteiger partial charge is 0.468 e. The van der Waals surface area contributed by atoms with Crippen molar-refractivity contribution in [3.8, 4) is 0 Å². The third-order valence-electron chi connectivity index (χ3n) is 3.43. The van der Waals surface area contributed by atoms with Crippen molar-refractivity contribution in [3.63, 3.8) is 0 Å². The van der Waals surface area contributed by atoms with Gasteiger partial charge in [-0.2, -0.15) is 0 Å². The Morgan fingerprint density at radius 1 is 1.47 bits per heavy atom. The molecule has 1 atom stereocenters. The van der Waals surface area contributed by atoms with Gasteiger partial charge in [0.25, 0.3) is 0 Å². The van der Waals surface area contributed by atoms with Crippen molar-refractivity contribution in [2.75, 3.05) is 0 Å². The molecule has 1 heterocycles. The van der Waals surface area contributed by atoms with Crippen LogP contribution in [-0.4, -0.2) is 0 Å². The molecular weight excluding hydrogens is 188 g/mol. The zero-order chi connectivity index (χ0) is 10.5. The van der Waals surface area contributed by atoms with Gasteiger partial charge in [0, 0.05) is 0 Å². The van der Waals surface area contributed by atoms with Crippen LogP contribution in [-0.2, 0) is 0 Å². The number of hydrogen-bond donors (Lipinski definition) is 2. The van der Waals surface area contributed by atoms with Gasteiger partial charge in [0.1, 0.15) is 5.76 Å². The number of furan rings is 1. The lowest BCUT2D eigenvalue weighted by atomic mass is 9.98. The second-order valence-electron chi connectivity index (χ2n) is 4.46. The molecule has 1 aromatic heterocycles. The Kier molecular flexibility index (Phi) is 3.80. The first-order valence-electron chi connectivity index (χ1n) is 5.89. The van der Waals surface area contributed by atoms with E-state index < -0.39 is 0 Å². The summed E-state index contributed by atoms with van der Waals surface area (Å²) in [6.45, 7) is 0. The maximum atomic E-state index is 5.54. The van der Waals surface area contributed by atoms with Crippen LogP contribution < -0.4 is 11.3 Å². The highest BCUT2D eigenvalue weighted by Gasteiger charge is 2.18. The van der Waals surface area contributed by atoms with Crippen molar-refractivity contribution >= 4 is 0 Å². The van der Waals surface area contributed by atoms with Crippen LogP contribution in [0, 0.1) is 5.92 Å². The molecule has 1 fully saturated rings. The SMILES string of the molecule is NNC(CCC1CCCC1)c1ccco1. The predicted octanol–water partition coefficient (Wildman–Crippen LogP) is 2.75. The Hall–Kier alpha value is -0.800. The second kappa shape index (κ2) is 5.33. The van der Waals surface area contributed by atoms with Crippen LogP contribution in [0.15, 0.2) is 22.8 Å². The number of rotatable bonds is 5. The summed E-state index contributed by atoms with van der Waals surface area (Å²) < 4.78 is 5.36. The molecule has 2 rings (SSSR count). The Morgan fingerprint density at radius 2 is 2.27 bits per heavy atom. The molecule has 3 N–H and O–H groups in total. The van der Waals surface area contributed by atoms with Crippen LogP contribution in [0.3, 0.4) is 0 Å². The standard InChI is InChI=1S/C12H20N2O/c13-14-11(12-6-3-9-15-12)8-7-10-4-1-2-5-10/h3,6,9-11,14H,1-2,4-5,7-8,13H2. The van der Waals surface area contributed by atoms with Gasteiger partial charge in [-0.25, -0.2) is 5.43 Å². The van der Waals surface area contributed by atoms with Gasteiger partial charge in [0.2, 0.25) is 0 Å². The third-order valence-corrected chi connectivity index (χ3v) is 3.43. The molecule has 0 aromatic carbocycles. The van der Waals surface area contributed by atoms with E-state index in [1.807, 2.05) is 12.1 Å². The molecule has 84 valence electrons. The molecule has 1 unspecified atom stereocenters. The summed E-state index contributed by atoms with van der Waals surface area (Å²) in [6.07, 6.45) is 9.66. The van der Waals surface area contributed by atoms with E-state index >= 15 is 0 Å². The fourth-order valence-corrected chi connectivity index (χ4v) is 2.50. The number of hydrogen-bond acceptors (Lipinski definition) is 3. The van der Waals surface area contributed by atoms with Crippen LogP contribution in [0.25, 0.3) is 0 Å². The molecule has 1 aliphatic rings. The predicted molar refractivity (Wildman–Crippen MR) is 60.0 cm³/mol. The van der Waals surface area contributed by atoms with E-state index in [0.717, 1.165) is 18.1 Å². The third kappa shape index (κ3) is 2.83. The molecule has 1 saturated carbocycles. The Labute approximate surface area is 91.0 Å². The first-order chi connectivity index (χ1) is 7.40. The van der Waals surface area contributed by atoms with Crippen molar-refractivity contribution in [1.29, 1.82) is 0 Å². The van der Waals surface area contributed by atoms with Crippen LogP contribution in [0.1, 0.15) is 50.3 Å². The maximum Gasteiger partial charge on any atom is 0.122 e. The average Bonchev–Trinajstić information content (AvgIpc) is 2.90. The van der Waals surface area contributed by atoms with Gasteiger partial charge in [-0.1, -0.05) is 25.7 Å². The highest BCUT2D eigenvalue weighted by atomic mass is 16.3. The number of nitrogens with one attached hydrogen (secondary N) is 1. The van der Waals surface area contributed by atoms with Crippen molar-refractivity contribution < 1.29 is 4.42 Å². The highest BCUT2D eigenvalue weighted by molar-refractivity contribution is 5.03. The molecule has 3 nitrogen and oxygen atoms in total. The van der Waals surface area contributed by atoms with Crippen molar-refractivity contribution in [2.24, 2.45) is 11.8 Å². The van der Waals surface area contributed by atoms with Gasteiger partial charge in [0.05, 0.1) is 12.3 Å². The van der Waals surface area contributed by atoms with E-state index in [9.17, 15) is 0 Å². The first-order valence-corrected chi connectivity index (χ1v) is 5.89. The van der Waals surface area contributed by atoms with Gasteiger partial charge < -0.3 is 4.42 Å². The normalized spacial score (nSPS) is 19.5. The van der Waals surface area contributed by atoms with Gasteiger partial charge in [0.15, 0.2) is 0 Å². The molecule has 1 aliphatic carbocycles. The Balaban J connectivity index is 1.80. The topological polar surface area (TPSA) is 51.2 Å². The minimum Gasteiger partial charge on any atom is -0.468 e. The summed E-state index contributed by atoms with van der Waals surface area (Å²) >= 11 is 0. The highest BCUT2D eigenvalue weighted by Crippen LogP contribution is 2.31. The van der Waals surface area contributed by atoms with Gasteiger partial charge in [-0.05, 0) is 30.9 Å². The van der Waals surface area contributed by atoms with Crippen LogP contribution in [0.5, 0.6) is 0 Å². The molecule has 3 heteroatoms. The van der Waals surface area contributed by atoms with Crippen LogP contribution in [0.4, 0.5) is 0 Å². The fourth-order valence-electron chi connectivity index (χ4n) is 2.50. The number of hydrazine groups is 1. The summed E-state index contributed by atoms with van der Waals surface area (Å²) in [5.41, 5.74) is 2.83. The lowest BCUT2D eigenvalue weighted by molar-refractivity contribution is 0.363. The average molecular weight is 208 g/mol. The summed E-state index contributed by atoms with van der Waals surface area (Å²) in [5.74, 6) is 7.41. The van der Waals surface area contributed by atoms with Crippen molar-refractivity contribution in [1.82, 2.24) is 5.43 Å². The quantitative estimate of drug-likeness (QED) is 0.578. The molecule has 1 aromatic rings. The van der Waals surface area contributed by atoms with E-state index in [-0.39, 0.29) is 6.04 Å². The van der Waals surface area contributed by atoms with Crippen LogP contribution >= 0.6 is 0 Å².